The van der Waals surface area contributed by atoms with Crippen LogP contribution in [0.3, 0.4) is 0 Å². The second-order valence-corrected chi connectivity index (χ2v) is 6.95. The van der Waals surface area contributed by atoms with Crippen molar-refractivity contribution in [2.24, 2.45) is 16.8 Å². The minimum Gasteiger partial charge on any atom is -0.373 e. The van der Waals surface area contributed by atoms with Crippen molar-refractivity contribution in [3.63, 3.8) is 0 Å². The van der Waals surface area contributed by atoms with Crippen LogP contribution in [0, 0.1) is 11.8 Å². The molecular formula is C16H29N3O. The SMILES string of the molecule is CN=C(NCC1CCCC(C)C1)NC1CC2CCC1O2. The van der Waals surface area contributed by atoms with Crippen molar-refractivity contribution in [3.05, 3.63) is 0 Å². The van der Waals surface area contributed by atoms with Gasteiger partial charge in [0.05, 0.1) is 18.2 Å². The van der Waals surface area contributed by atoms with E-state index in [2.05, 4.69) is 22.5 Å². The molecule has 114 valence electrons. The number of fused-ring (bicyclic) bond motifs is 2. The fourth-order valence-electron chi connectivity index (χ4n) is 4.15. The highest BCUT2D eigenvalue weighted by molar-refractivity contribution is 5.80. The zero-order valence-corrected chi connectivity index (χ0v) is 12.9. The highest BCUT2D eigenvalue weighted by Crippen LogP contribution is 2.34. The zero-order chi connectivity index (χ0) is 13.9. The molecule has 0 spiro atoms. The summed E-state index contributed by atoms with van der Waals surface area (Å²) in [4.78, 5) is 4.38. The molecule has 0 amide bonds. The largest absolute Gasteiger partial charge is 0.373 e. The Hall–Kier alpha value is -0.770. The average molecular weight is 279 g/mol. The molecule has 0 aromatic heterocycles. The normalized spacial score (nSPS) is 40.9. The second kappa shape index (κ2) is 6.33. The lowest BCUT2D eigenvalue weighted by molar-refractivity contribution is 0.0992. The molecule has 2 aliphatic heterocycles. The van der Waals surface area contributed by atoms with Crippen LogP contribution < -0.4 is 10.6 Å². The number of hydrogen-bond donors (Lipinski definition) is 2. The summed E-state index contributed by atoms with van der Waals surface area (Å²) >= 11 is 0. The first kappa shape index (κ1) is 14.2. The third-order valence-electron chi connectivity index (χ3n) is 5.25. The molecule has 20 heavy (non-hydrogen) atoms. The molecule has 3 rings (SSSR count). The van der Waals surface area contributed by atoms with Gasteiger partial charge in [-0.15, -0.1) is 0 Å². The fraction of sp³-hybridized carbons (Fsp3) is 0.938. The van der Waals surface area contributed by atoms with Crippen molar-refractivity contribution < 1.29 is 4.74 Å². The van der Waals surface area contributed by atoms with Crippen molar-refractivity contribution >= 4 is 5.96 Å². The Kier molecular flexibility index (Phi) is 4.49. The molecule has 1 aliphatic carbocycles. The lowest BCUT2D eigenvalue weighted by atomic mass is 9.82. The summed E-state index contributed by atoms with van der Waals surface area (Å²) in [5.74, 6) is 2.67. The fourth-order valence-corrected chi connectivity index (χ4v) is 4.15. The number of ether oxygens (including phenoxy) is 1. The lowest BCUT2D eigenvalue weighted by Gasteiger charge is -2.28. The van der Waals surface area contributed by atoms with Crippen molar-refractivity contribution in [2.45, 2.75) is 70.1 Å². The Labute approximate surface area is 122 Å². The maximum absolute atomic E-state index is 5.89. The van der Waals surface area contributed by atoms with Crippen LogP contribution in [-0.4, -0.2) is 37.8 Å². The minimum absolute atomic E-state index is 0.410. The Morgan fingerprint density at radius 2 is 2.10 bits per heavy atom. The molecule has 1 saturated carbocycles. The number of guanidine groups is 1. The van der Waals surface area contributed by atoms with Gasteiger partial charge >= 0.3 is 0 Å². The quantitative estimate of drug-likeness (QED) is 0.615. The lowest BCUT2D eigenvalue weighted by Crippen LogP contribution is -2.48. The average Bonchev–Trinajstić information content (AvgIpc) is 3.06. The van der Waals surface area contributed by atoms with E-state index < -0.39 is 0 Å². The predicted octanol–water partition coefficient (Wildman–Crippen LogP) is 2.30. The summed E-state index contributed by atoms with van der Waals surface area (Å²) in [5.41, 5.74) is 0. The number of nitrogens with zero attached hydrogens (tertiary/aromatic N) is 1. The van der Waals surface area contributed by atoms with E-state index in [-0.39, 0.29) is 0 Å². The summed E-state index contributed by atoms with van der Waals surface area (Å²) in [6, 6.07) is 0.463. The second-order valence-electron chi connectivity index (χ2n) is 6.95. The van der Waals surface area contributed by atoms with Gasteiger partial charge in [0, 0.05) is 13.6 Å². The van der Waals surface area contributed by atoms with Gasteiger partial charge in [0.25, 0.3) is 0 Å². The molecule has 2 bridgehead atoms. The highest BCUT2D eigenvalue weighted by atomic mass is 16.5. The van der Waals surface area contributed by atoms with E-state index in [1.807, 2.05) is 7.05 Å². The van der Waals surface area contributed by atoms with E-state index in [1.54, 1.807) is 0 Å². The van der Waals surface area contributed by atoms with Crippen LogP contribution >= 0.6 is 0 Å². The van der Waals surface area contributed by atoms with Gasteiger partial charge in [-0.25, -0.2) is 0 Å². The van der Waals surface area contributed by atoms with Crippen LogP contribution in [0.15, 0.2) is 4.99 Å². The molecule has 3 aliphatic rings. The van der Waals surface area contributed by atoms with Gasteiger partial charge in [0.1, 0.15) is 0 Å². The van der Waals surface area contributed by atoms with Crippen LogP contribution in [0.25, 0.3) is 0 Å². The number of nitrogens with one attached hydrogen (secondary N) is 2. The molecular weight excluding hydrogens is 250 g/mol. The van der Waals surface area contributed by atoms with Crippen molar-refractivity contribution in [1.29, 1.82) is 0 Å². The molecule has 3 fully saturated rings. The topological polar surface area (TPSA) is 45.7 Å². The molecule has 4 heteroatoms. The van der Waals surface area contributed by atoms with Gasteiger partial charge in [-0.2, -0.15) is 0 Å². The molecule has 2 heterocycles. The molecule has 2 N–H and O–H groups in total. The molecule has 0 radical (unpaired) electrons. The Morgan fingerprint density at radius 1 is 1.20 bits per heavy atom. The Balaban J connectivity index is 1.43. The van der Waals surface area contributed by atoms with Gasteiger partial charge in [-0.1, -0.05) is 19.8 Å². The van der Waals surface area contributed by atoms with Crippen LogP contribution in [0.4, 0.5) is 0 Å². The zero-order valence-electron chi connectivity index (χ0n) is 12.9. The van der Waals surface area contributed by atoms with Gasteiger partial charge < -0.3 is 15.4 Å². The molecule has 4 nitrogen and oxygen atoms in total. The third kappa shape index (κ3) is 3.27. The molecule has 0 aromatic rings. The standard InChI is InChI=1S/C16H29N3O/c1-11-4-3-5-12(8-11)10-18-16(17-2)19-14-9-13-6-7-15(14)20-13/h11-15H,3-10H2,1-2H3,(H2,17,18,19). The van der Waals surface area contributed by atoms with E-state index in [1.165, 1.54) is 38.5 Å². The summed E-state index contributed by atoms with van der Waals surface area (Å²) in [6.45, 7) is 3.44. The van der Waals surface area contributed by atoms with Gasteiger partial charge in [0.15, 0.2) is 5.96 Å². The molecule has 5 unspecified atom stereocenters. The van der Waals surface area contributed by atoms with Crippen molar-refractivity contribution in [3.8, 4) is 0 Å². The van der Waals surface area contributed by atoms with Crippen LogP contribution in [0.1, 0.15) is 51.9 Å². The minimum atomic E-state index is 0.410. The monoisotopic (exact) mass is 279 g/mol. The van der Waals surface area contributed by atoms with Crippen LogP contribution in [0.5, 0.6) is 0 Å². The van der Waals surface area contributed by atoms with Crippen LogP contribution in [-0.2, 0) is 4.74 Å². The number of rotatable bonds is 3. The van der Waals surface area contributed by atoms with Crippen molar-refractivity contribution in [2.75, 3.05) is 13.6 Å². The summed E-state index contributed by atoms with van der Waals surface area (Å²) < 4.78 is 5.89. The first-order valence-electron chi connectivity index (χ1n) is 8.37. The molecule has 0 aromatic carbocycles. The highest BCUT2D eigenvalue weighted by Gasteiger charge is 2.41. The van der Waals surface area contributed by atoms with E-state index in [9.17, 15) is 0 Å². The van der Waals surface area contributed by atoms with E-state index in [0.29, 0.717) is 18.2 Å². The first-order chi connectivity index (χ1) is 9.74. The maximum Gasteiger partial charge on any atom is 0.191 e. The first-order valence-corrected chi connectivity index (χ1v) is 8.37. The Bertz CT molecular complexity index is 358. The van der Waals surface area contributed by atoms with Gasteiger partial charge in [-0.05, 0) is 43.9 Å². The number of aliphatic imine (C=N–C) groups is 1. The van der Waals surface area contributed by atoms with Gasteiger partial charge in [-0.3, -0.25) is 4.99 Å². The Morgan fingerprint density at radius 3 is 2.75 bits per heavy atom. The molecule has 5 atom stereocenters. The predicted molar refractivity (Wildman–Crippen MR) is 81.9 cm³/mol. The summed E-state index contributed by atoms with van der Waals surface area (Å²) in [5, 5.41) is 7.09. The van der Waals surface area contributed by atoms with E-state index >= 15 is 0 Å². The summed E-state index contributed by atoms with van der Waals surface area (Å²) in [7, 11) is 1.87. The maximum atomic E-state index is 5.89. The van der Waals surface area contributed by atoms with Crippen molar-refractivity contribution in [1.82, 2.24) is 10.6 Å². The molecule has 2 saturated heterocycles. The van der Waals surface area contributed by atoms with E-state index in [0.717, 1.165) is 30.8 Å². The van der Waals surface area contributed by atoms with Crippen LogP contribution in [0.2, 0.25) is 0 Å². The van der Waals surface area contributed by atoms with Gasteiger partial charge in [0.2, 0.25) is 0 Å². The summed E-state index contributed by atoms with van der Waals surface area (Å²) in [6.07, 6.45) is 10.0. The third-order valence-corrected chi connectivity index (χ3v) is 5.25. The number of hydrogen-bond acceptors (Lipinski definition) is 2. The van der Waals surface area contributed by atoms with E-state index in [4.69, 9.17) is 4.74 Å². The smallest absolute Gasteiger partial charge is 0.191 e.